The van der Waals surface area contributed by atoms with Crippen molar-refractivity contribution in [3.8, 4) is 5.75 Å². The van der Waals surface area contributed by atoms with Crippen LogP contribution < -0.4 is 9.64 Å². The quantitative estimate of drug-likeness (QED) is 0.583. The highest BCUT2D eigenvalue weighted by molar-refractivity contribution is 5.93. The van der Waals surface area contributed by atoms with Gasteiger partial charge in [-0.1, -0.05) is 17.3 Å². The maximum atomic E-state index is 13.0. The van der Waals surface area contributed by atoms with Crippen LogP contribution in [0.5, 0.6) is 5.75 Å². The second-order valence-electron chi connectivity index (χ2n) is 7.86. The van der Waals surface area contributed by atoms with E-state index in [9.17, 15) is 9.59 Å². The smallest absolute Gasteiger partial charge is 0.325 e. The zero-order valence-corrected chi connectivity index (χ0v) is 18.6. The summed E-state index contributed by atoms with van der Waals surface area (Å²) in [5, 5.41) is 8.99. The van der Waals surface area contributed by atoms with Gasteiger partial charge in [0.1, 0.15) is 5.75 Å². The molecule has 0 saturated heterocycles. The summed E-state index contributed by atoms with van der Waals surface area (Å²) in [6.45, 7) is 0.899. The van der Waals surface area contributed by atoms with Crippen LogP contribution in [0.3, 0.4) is 0 Å². The van der Waals surface area contributed by atoms with Crippen molar-refractivity contribution in [1.82, 2.24) is 19.7 Å². The van der Waals surface area contributed by atoms with Gasteiger partial charge in [-0.25, -0.2) is 0 Å². The number of carbonyl (C=O) groups is 2. The minimum atomic E-state index is -0.355. The van der Waals surface area contributed by atoms with Crippen molar-refractivity contribution in [1.29, 1.82) is 0 Å². The number of anilines is 1. The molecule has 1 aliphatic rings. The number of ether oxygens (including phenoxy) is 1. The predicted molar refractivity (Wildman–Crippen MR) is 120 cm³/mol. The summed E-state index contributed by atoms with van der Waals surface area (Å²) in [5.41, 5.74) is 2.14. The Morgan fingerprint density at radius 2 is 1.94 bits per heavy atom. The van der Waals surface area contributed by atoms with Crippen LogP contribution >= 0.6 is 0 Å². The van der Waals surface area contributed by atoms with Crippen LogP contribution in [-0.4, -0.2) is 58.7 Å². The lowest BCUT2D eigenvalue weighted by atomic mass is 10.1. The number of benzene rings is 1. The minimum absolute atomic E-state index is 0.0527. The Morgan fingerprint density at radius 3 is 2.75 bits per heavy atom. The third-order valence-electron chi connectivity index (χ3n) is 5.68. The van der Waals surface area contributed by atoms with E-state index in [-0.39, 0.29) is 23.7 Å². The number of rotatable bonds is 4. The molecule has 0 fully saturated rings. The number of nitrogens with zero attached hydrogens (tertiary/aromatic N) is 5. The second kappa shape index (κ2) is 9.25. The first-order valence-corrected chi connectivity index (χ1v) is 10.6. The van der Waals surface area contributed by atoms with E-state index in [2.05, 4.69) is 16.4 Å². The zero-order valence-electron chi connectivity index (χ0n) is 18.6. The van der Waals surface area contributed by atoms with Crippen molar-refractivity contribution >= 4 is 28.7 Å². The molecule has 32 heavy (non-hydrogen) atoms. The van der Waals surface area contributed by atoms with Gasteiger partial charge in [0.15, 0.2) is 0 Å². The molecular formula is C23H27N5O4. The third kappa shape index (κ3) is 4.37. The van der Waals surface area contributed by atoms with E-state index in [1.165, 1.54) is 9.80 Å². The largest absolute Gasteiger partial charge is 0.497 e. The number of aromatic nitrogens is 3. The van der Waals surface area contributed by atoms with Crippen LogP contribution in [0.1, 0.15) is 35.5 Å². The average molecular weight is 438 g/mol. The Hall–Kier alpha value is -3.62. The lowest BCUT2D eigenvalue weighted by Gasteiger charge is -2.18. The number of carbonyl (C=O) groups excluding carboxylic acids is 2. The molecule has 2 aromatic heterocycles. The molecule has 0 atom stereocenters. The molecule has 1 aromatic carbocycles. The van der Waals surface area contributed by atoms with Crippen molar-refractivity contribution in [2.24, 2.45) is 7.05 Å². The molecule has 0 unspecified atom stereocenters. The number of aryl methyl sites for hydroxylation is 1. The molecule has 2 bridgehead atoms. The van der Waals surface area contributed by atoms with E-state index in [0.717, 1.165) is 22.2 Å². The molecule has 9 heteroatoms. The zero-order chi connectivity index (χ0) is 22.7. The molecule has 3 aromatic rings. The van der Waals surface area contributed by atoms with E-state index in [4.69, 9.17) is 9.15 Å². The second-order valence-corrected chi connectivity index (χ2v) is 7.86. The van der Waals surface area contributed by atoms with Gasteiger partial charge in [-0.15, -0.1) is 5.10 Å². The molecule has 1 aliphatic heterocycles. The van der Waals surface area contributed by atoms with Gasteiger partial charge in [0.05, 0.1) is 12.6 Å². The van der Waals surface area contributed by atoms with Crippen LogP contribution in [0.2, 0.25) is 0 Å². The van der Waals surface area contributed by atoms with E-state index in [1.807, 2.05) is 42.0 Å². The minimum Gasteiger partial charge on any atom is -0.497 e. The van der Waals surface area contributed by atoms with Crippen LogP contribution in [0.15, 0.2) is 41.0 Å². The molecule has 3 heterocycles. The summed E-state index contributed by atoms with van der Waals surface area (Å²) in [5.74, 6) is 0.208. The Bertz CT molecular complexity index is 1160. The summed E-state index contributed by atoms with van der Waals surface area (Å²) in [6, 6.07) is 5.99. The monoisotopic (exact) mass is 437 g/mol. The van der Waals surface area contributed by atoms with Crippen LogP contribution in [0, 0.1) is 0 Å². The van der Waals surface area contributed by atoms with E-state index in [0.29, 0.717) is 38.8 Å². The Kier molecular flexibility index (Phi) is 6.25. The van der Waals surface area contributed by atoms with Gasteiger partial charge < -0.3 is 18.6 Å². The molecule has 0 aliphatic carbocycles. The maximum absolute atomic E-state index is 13.0. The van der Waals surface area contributed by atoms with Crippen LogP contribution in [-0.2, 0) is 18.3 Å². The van der Waals surface area contributed by atoms with E-state index in [1.54, 1.807) is 14.2 Å². The average Bonchev–Trinajstić information content (AvgIpc) is 3.40. The lowest BCUT2D eigenvalue weighted by Crippen LogP contribution is -2.33. The molecule has 168 valence electrons. The number of allylic oxidation sites excluding steroid dienone is 1. The van der Waals surface area contributed by atoms with Crippen molar-refractivity contribution in [2.75, 3.05) is 32.1 Å². The highest BCUT2D eigenvalue weighted by Gasteiger charge is 2.25. The molecule has 2 amide bonds. The first-order valence-electron chi connectivity index (χ1n) is 10.6. The summed E-state index contributed by atoms with van der Waals surface area (Å²) < 4.78 is 13.0. The molecule has 9 nitrogen and oxygen atoms in total. The highest BCUT2D eigenvalue weighted by Crippen LogP contribution is 2.26. The predicted octanol–water partition coefficient (Wildman–Crippen LogP) is 2.96. The van der Waals surface area contributed by atoms with Crippen LogP contribution in [0.4, 0.5) is 6.01 Å². The summed E-state index contributed by atoms with van der Waals surface area (Å²) in [7, 11) is 5.32. The van der Waals surface area contributed by atoms with Crippen molar-refractivity contribution in [3.05, 3.63) is 48.0 Å². The van der Waals surface area contributed by atoms with Crippen molar-refractivity contribution < 1.29 is 18.7 Å². The number of fused-ring (bicyclic) bond motifs is 3. The normalized spacial score (nSPS) is 16.6. The SMILES string of the molecule is COc1ccc2c(CCN3C(=O)CC/C=C/CCN(C)C(=O)c4nnc3o4)cn(C)c2c1. The fourth-order valence-electron chi connectivity index (χ4n) is 3.85. The number of amides is 2. The van der Waals surface area contributed by atoms with Gasteiger partial charge in [-0.2, -0.15) is 0 Å². The Morgan fingerprint density at radius 1 is 1.12 bits per heavy atom. The van der Waals surface area contributed by atoms with Gasteiger partial charge in [0, 0.05) is 51.3 Å². The van der Waals surface area contributed by atoms with E-state index >= 15 is 0 Å². The Balaban J connectivity index is 1.61. The summed E-state index contributed by atoms with van der Waals surface area (Å²) >= 11 is 0. The fourth-order valence-corrected chi connectivity index (χ4v) is 3.85. The van der Waals surface area contributed by atoms with Gasteiger partial charge in [-0.05, 0) is 37.0 Å². The van der Waals surface area contributed by atoms with Crippen molar-refractivity contribution in [3.63, 3.8) is 0 Å². The lowest BCUT2D eigenvalue weighted by molar-refractivity contribution is -0.118. The van der Waals surface area contributed by atoms with Gasteiger partial charge in [0.2, 0.25) is 5.91 Å². The first kappa shape index (κ1) is 21.6. The standard InChI is InChI=1S/C23H27N5O4/c1-26-12-7-5-4-6-8-20(29)28(23-25-24-21(32-23)22(26)30)13-11-16-15-27(2)19-14-17(31-3)9-10-18(16)19/h4-5,9-10,14-15H,6-8,11-13H2,1-3H3/b5-4+. The summed E-state index contributed by atoms with van der Waals surface area (Å²) in [4.78, 5) is 28.5. The number of hydrogen-bond donors (Lipinski definition) is 0. The molecule has 0 radical (unpaired) electrons. The molecule has 0 spiro atoms. The van der Waals surface area contributed by atoms with Gasteiger partial charge in [-0.3, -0.25) is 14.5 Å². The molecule has 4 rings (SSSR count). The maximum Gasteiger partial charge on any atom is 0.325 e. The highest BCUT2D eigenvalue weighted by atomic mass is 16.5. The molecule has 0 N–H and O–H groups in total. The number of methoxy groups -OCH3 is 1. The Labute approximate surface area is 186 Å². The topological polar surface area (TPSA) is 93.7 Å². The molecular weight excluding hydrogens is 410 g/mol. The third-order valence-corrected chi connectivity index (χ3v) is 5.68. The first-order chi connectivity index (χ1) is 15.5. The van der Waals surface area contributed by atoms with Gasteiger partial charge >= 0.3 is 17.8 Å². The van der Waals surface area contributed by atoms with Crippen molar-refractivity contribution in [2.45, 2.75) is 25.7 Å². The van der Waals surface area contributed by atoms with E-state index < -0.39 is 0 Å². The van der Waals surface area contributed by atoms with Gasteiger partial charge in [0.25, 0.3) is 0 Å². The molecule has 0 saturated carbocycles. The summed E-state index contributed by atoms with van der Waals surface area (Å²) in [6.07, 6.45) is 8.25. The fraction of sp³-hybridized carbons (Fsp3) is 0.391. The number of hydrogen-bond acceptors (Lipinski definition) is 6. The van der Waals surface area contributed by atoms with Crippen LogP contribution in [0.25, 0.3) is 10.9 Å².